The van der Waals surface area contributed by atoms with E-state index in [4.69, 9.17) is 0 Å². The molecule has 0 atom stereocenters. The molecule has 1 nitrogen and oxygen atoms in total. The molecule has 0 aromatic heterocycles. The van der Waals surface area contributed by atoms with Crippen molar-refractivity contribution < 1.29 is 0 Å². The molecule has 8 aromatic carbocycles. The van der Waals surface area contributed by atoms with Gasteiger partial charge in [0.15, 0.2) is 0 Å². The average molecular weight is 786 g/mol. The van der Waals surface area contributed by atoms with Gasteiger partial charge >= 0.3 is 0 Å². The van der Waals surface area contributed by atoms with E-state index in [1.807, 2.05) is 0 Å². The van der Waals surface area contributed by atoms with Crippen LogP contribution in [0.3, 0.4) is 0 Å². The SMILES string of the molecule is CC1(C)c2ccccc2-c2cc(-c3ccc(N(c4ccc5c(c4)-c4ccccc4C54CCCCC4)c4ccccc4-c4cccc5c4-c4ccccc4C5(C)C)cc3)ccc21. The van der Waals surface area contributed by atoms with E-state index >= 15 is 0 Å². The van der Waals surface area contributed by atoms with Crippen LogP contribution in [0.2, 0.25) is 0 Å². The summed E-state index contributed by atoms with van der Waals surface area (Å²) in [6.07, 6.45) is 6.37. The summed E-state index contributed by atoms with van der Waals surface area (Å²) in [5.41, 5.74) is 25.4. The van der Waals surface area contributed by atoms with Crippen LogP contribution in [0.15, 0.2) is 176 Å². The second kappa shape index (κ2) is 13.3. The van der Waals surface area contributed by atoms with E-state index in [1.54, 1.807) is 0 Å². The molecule has 8 aromatic rings. The van der Waals surface area contributed by atoms with Gasteiger partial charge in [-0.15, -0.1) is 0 Å². The summed E-state index contributed by atoms with van der Waals surface area (Å²) in [7, 11) is 0. The Bertz CT molecular complexity index is 3060. The van der Waals surface area contributed by atoms with E-state index < -0.39 is 0 Å². The zero-order valence-corrected chi connectivity index (χ0v) is 35.7. The number of fused-ring (bicyclic) bond motifs is 11. The molecule has 0 bridgehead atoms. The Morgan fingerprint density at radius 1 is 0.344 bits per heavy atom. The van der Waals surface area contributed by atoms with Crippen molar-refractivity contribution in [2.45, 2.75) is 76.0 Å². The Hall–Kier alpha value is -6.44. The predicted molar refractivity (Wildman–Crippen MR) is 256 cm³/mol. The van der Waals surface area contributed by atoms with Crippen molar-refractivity contribution in [3.63, 3.8) is 0 Å². The van der Waals surface area contributed by atoms with Gasteiger partial charge in [-0.05, 0) is 133 Å². The molecule has 0 aliphatic heterocycles. The Morgan fingerprint density at radius 3 is 1.59 bits per heavy atom. The van der Waals surface area contributed by atoms with Crippen LogP contribution in [-0.4, -0.2) is 0 Å². The quantitative estimate of drug-likeness (QED) is 0.168. The van der Waals surface area contributed by atoms with Crippen molar-refractivity contribution in [2.24, 2.45) is 0 Å². The first-order valence-corrected chi connectivity index (χ1v) is 22.5. The van der Waals surface area contributed by atoms with Crippen LogP contribution in [0.4, 0.5) is 17.1 Å². The molecule has 4 aliphatic carbocycles. The summed E-state index contributed by atoms with van der Waals surface area (Å²) in [5.74, 6) is 0. The molecule has 1 spiro atoms. The molecule has 12 rings (SSSR count). The lowest BCUT2D eigenvalue weighted by Gasteiger charge is -2.36. The molecule has 0 heterocycles. The Kier molecular flexibility index (Phi) is 7.93. The molecule has 0 unspecified atom stereocenters. The van der Waals surface area contributed by atoms with E-state index in [1.165, 1.54) is 132 Å². The highest BCUT2D eigenvalue weighted by atomic mass is 15.1. The minimum atomic E-state index is -0.0791. The lowest BCUT2D eigenvalue weighted by Crippen LogP contribution is -2.28. The second-order valence-corrected chi connectivity index (χ2v) is 19.1. The molecule has 0 radical (unpaired) electrons. The molecule has 1 fully saturated rings. The molecule has 61 heavy (non-hydrogen) atoms. The normalized spacial score (nSPS) is 16.6. The lowest BCUT2D eigenvalue weighted by molar-refractivity contribution is 0.353. The Balaban J connectivity index is 1.04. The topological polar surface area (TPSA) is 3.24 Å². The van der Waals surface area contributed by atoms with Gasteiger partial charge < -0.3 is 4.90 Å². The molecule has 0 N–H and O–H groups in total. The third-order valence-corrected chi connectivity index (χ3v) is 15.3. The number of hydrogen-bond donors (Lipinski definition) is 0. The zero-order chi connectivity index (χ0) is 41.1. The number of hydrogen-bond acceptors (Lipinski definition) is 1. The van der Waals surface area contributed by atoms with Gasteiger partial charge in [0.25, 0.3) is 0 Å². The van der Waals surface area contributed by atoms with Crippen molar-refractivity contribution in [3.05, 3.63) is 209 Å². The van der Waals surface area contributed by atoms with E-state index in [0.29, 0.717) is 0 Å². The molecule has 0 saturated heterocycles. The van der Waals surface area contributed by atoms with Gasteiger partial charge in [-0.3, -0.25) is 0 Å². The van der Waals surface area contributed by atoms with Gasteiger partial charge in [0, 0.05) is 33.2 Å². The van der Waals surface area contributed by atoms with E-state index in [9.17, 15) is 0 Å². The summed E-state index contributed by atoms with van der Waals surface area (Å²) in [4.78, 5) is 2.53. The third kappa shape index (κ3) is 5.19. The molecule has 0 amide bonds. The zero-order valence-electron chi connectivity index (χ0n) is 35.7. The summed E-state index contributed by atoms with van der Waals surface area (Å²) >= 11 is 0. The maximum atomic E-state index is 2.53. The first-order valence-electron chi connectivity index (χ1n) is 22.5. The van der Waals surface area contributed by atoms with Crippen LogP contribution >= 0.6 is 0 Å². The van der Waals surface area contributed by atoms with Crippen LogP contribution in [0.1, 0.15) is 93.2 Å². The van der Waals surface area contributed by atoms with Gasteiger partial charge in [0.1, 0.15) is 0 Å². The molecule has 1 saturated carbocycles. The van der Waals surface area contributed by atoms with E-state index in [-0.39, 0.29) is 16.2 Å². The molecular formula is C60H51N. The number of para-hydroxylation sites is 1. The first kappa shape index (κ1) is 36.4. The number of rotatable bonds is 5. The Morgan fingerprint density at radius 2 is 0.836 bits per heavy atom. The van der Waals surface area contributed by atoms with Gasteiger partial charge in [-0.1, -0.05) is 186 Å². The maximum absolute atomic E-state index is 2.53. The molecule has 296 valence electrons. The molecular weight excluding hydrogens is 735 g/mol. The van der Waals surface area contributed by atoms with Gasteiger partial charge in [0.2, 0.25) is 0 Å². The standard InChI is InChI=1S/C60H51N/c1-58(2)50-22-10-6-17-43(50)48-37-40(29-33-52(48)58)39-27-30-41(31-28-39)61(42-32-34-54-49(38-42)44-18-7-12-24-53(44)60(54)35-14-5-15-36-60)56-26-13-9-19-45(56)46-21-16-25-55-57(46)47-20-8-11-23-51(47)59(55,3)4/h6-13,16-34,37-38H,5,14-15,35-36H2,1-4H3. The fourth-order valence-corrected chi connectivity index (χ4v) is 12.3. The van der Waals surface area contributed by atoms with E-state index in [0.717, 1.165) is 5.69 Å². The highest BCUT2D eigenvalue weighted by Crippen LogP contribution is 2.58. The van der Waals surface area contributed by atoms with Crippen LogP contribution < -0.4 is 4.90 Å². The number of anilines is 3. The minimum absolute atomic E-state index is 0.00802. The highest BCUT2D eigenvalue weighted by Gasteiger charge is 2.44. The number of benzene rings is 8. The van der Waals surface area contributed by atoms with Crippen molar-refractivity contribution in [1.29, 1.82) is 0 Å². The number of nitrogens with zero attached hydrogens (tertiary/aromatic N) is 1. The van der Waals surface area contributed by atoms with Crippen LogP contribution in [0.25, 0.3) is 55.6 Å². The van der Waals surface area contributed by atoms with Gasteiger partial charge in [0.05, 0.1) is 5.69 Å². The summed E-state index contributed by atoms with van der Waals surface area (Å²) in [6, 6.07) is 67.2. The largest absolute Gasteiger partial charge is 0.310 e. The van der Waals surface area contributed by atoms with Crippen molar-refractivity contribution in [2.75, 3.05) is 4.90 Å². The smallest absolute Gasteiger partial charge is 0.0540 e. The van der Waals surface area contributed by atoms with Gasteiger partial charge in [-0.2, -0.15) is 0 Å². The Labute approximate surface area is 361 Å². The monoisotopic (exact) mass is 785 g/mol. The molecule has 1 heteroatoms. The fraction of sp³-hybridized carbons (Fsp3) is 0.200. The van der Waals surface area contributed by atoms with Crippen molar-refractivity contribution >= 4 is 17.1 Å². The van der Waals surface area contributed by atoms with Crippen LogP contribution in [-0.2, 0) is 16.2 Å². The van der Waals surface area contributed by atoms with Gasteiger partial charge in [-0.25, -0.2) is 0 Å². The average Bonchev–Trinajstić information content (AvgIpc) is 3.81. The summed E-state index contributed by atoms with van der Waals surface area (Å²) in [5, 5.41) is 0. The molecule has 4 aliphatic rings. The first-order chi connectivity index (χ1) is 29.8. The summed E-state index contributed by atoms with van der Waals surface area (Å²) in [6.45, 7) is 9.47. The van der Waals surface area contributed by atoms with E-state index in [2.05, 4.69) is 209 Å². The van der Waals surface area contributed by atoms with Crippen molar-refractivity contribution in [1.82, 2.24) is 0 Å². The lowest BCUT2D eigenvalue weighted by atomic mass is 9.68. The fourth-order valence-electron chi connectivity index (χ4n) is 12.3. The highest BCUT2D eigenvalue weighted by molar-refractivity contribution is 5.99. The second-order valence-electron chi connectivity index (χ2n) is 19.1. The summed E-state index contributed by atoms with van der Waals surface area (Å²) < 4.78 is 0. The minimum Gasteiger partial charge on any atom is -0.310 e. The third-order valence-electron chi connectivity index (χ3n) is 15.3. The maximum Gasteiger partial charge on any atom is 0.0540 e. The van der Waals surface area contributed by atoms with Crippen molar-refractivity contribution in [3.8, 4) is 55.6 Å². The predicted octanol–water partition coefficient (Wildman–Crippen LogP) is 16.3. The van der Waals surface area contributed by atoms with Crippen LogP contribution in [0, 0.1) is 0 Å². The van der Waals surface area contributed by atoms with Crippen LogP contribution in [0.5, 0.6) is 0 Å².